The van der Waals surface area contributed by atoms with Gasteiger partial charge in [0, 0.05) is 24.4 Å². The smallest absolute Gasteiger partial charge is 0.271 e. The van der Waals surface area contributed by atoms with Gasteiger partial charge in [-0.25, -0.2) is 13.8 Å². The molecule has 2 aromatic rings. The van der Waals surface area contributed by atoms with Gasteiger partial charge in [-0.3, -0.25) is 4.79 Å². The molecule has 4 nitrogen and oxygen atoms in total. The molecular formula is C16H17F2N3OS. The topological polar surface area (TPSA) is 54.0 Å². The van der Waals surface area contributed by atoms with Gasteiger partial charge >= 0.3 is 0 Å². The molecule has 7 heteroatoms. The van der Waals surface area contributed by atoms with Crippen LogP contribution >= 0.6 is 11.3 Å². The van der Waals surface area contributed by atoms with Crippen molar-refractivity contribution in [3.8, 4) is 0 Å². The molecule has 1 aliphatic heterocycles. The Morgan fingerprint density at radius 3 is 3.00 bits per heavy atom. The van der Waals surface area contributed by atoms with Crippen molar-refractivity contribution in [2.24, 2.45) is 0 Å². The molecule has 3 rings (SSSR count). The Morgan fingerprint density at radius 2 is 2.26 bits per heavy atom. The van der Waals surface area contributed by atoms with Gasteiger partial charge in [0.2, 0.25) is 0 Å². The van der Waals surface area contributed by atoms with Crippen molar-refractivity contribution < 1.29 is 13.6 Å². The number of rotatable bonds is 4. The van der Waals surface area contributed by atoms with E-state index in [1.165, 1.54) is 17.4 Å². The zero-order chi connectivity index (χ0) is 16.2. The second kappa shape index (κ2) is 7.14. The van der Waals surface area contributed by atoms with Gasteiger partial charge in [0.1, 0.15) is 5.69 Å². The van der Waals surface area contributed by atoms with Gasteiger partial charge < -0.3 is 10.6 Å². The second-order valence-corrected chi connectivity index (χ2v) is 6.44. The zero-order valence-corrected chi connectivity index (χ0v) is 13.3. The first-order valence-corrected chi connectivity index (χ1v) is 8.39. The van der Waals surface area contributed by atoms with Crippen LogP contribution in [0.5, 0.6) is 0 Å². The average molecular weight is 337 g/mol. The molecule has 1 atom stereocenters. The number of thiazole rings is 1. The fourth-order valence-electron chi connectivity index (χ4n) is 2.56. The monoisotopic (exact) mass is 337 g/mol. The summed E-state index contributed by atoms with van der Waals surface area (Å²) >= 11 is 1.49. The molecule has 2 heterocycles. The fraction of sp³-hybridized carbons (Fsp3) is 0.375. The molecule has 122 valence electrons. The molecule has 1 amide bonds. The minimum Gasteiger partial charge on any atom is -0.347 e. The van der Waals surface area contributed by atoms with Gasteiger partial charge in [0.15, 0.2) is 11.6 Å². The van der Waals surface area contributed by atoms with Gasteiger partial charge in [-0.05, 0) is 37.1 Å². The zero-order valence-electron chi connectivity index (χ0n) is 12.4. The summed E-state index contributed by atoms with van der Waals surface area (Å²) in [5.74, 6) is -1.76. The first-order chi connectivity index (χ1) is 11.1. The number of piperidine rings is 1. The molecule has 0 radical (unpaired) electrons. The lowest BCUT2D eigenvalue weighted by molar-refractivity contribution is 0.0946. The summed E-state index contributed by atoms with van der Waals surface area (Å²) in [6.45, 7) is 2.06. The van der Waals surface area contributed by atoms with E-state index in [2.05, 4.69) is 15.6 Å². The standard InChI is InChI=1S/C16H17F2N3OS/c17-12-4-3-10(6-13(12)18)7-20-15(22)14-9-23-16(21-14)11-2-1-5-19-8-11/h3-4,6,9,11,19H,1-2,5,7-8H2,(H,20,22). The van der Waals surface area contributed by atoms with Crippen LogP contribution in [-0.2, 0) is 6.54 Å². The SMILES string of the molecule is O=C(NCc1ccc(F)c(F)c1)c1csc(C2CCCNC2)n1. The summed E-state index contributed by atoms with van der Waals surface area (Å²) in [6, 6.07) is 3.57. The Kier molecular flexibility index (Phi) is 4.97. The lowest BCUT2D eigenvalue weighted by Crippen LogP contribution is -2.28. The number of hydrogen-bond acceptors (Lipinski definition) is 4. The molecule has 1 aromatic carbocycles. The molecule has 23 heavy (non-hydrogen) atoms. The second-order valence-electron chi connectivity index (χ2n) is 5.55. The van der Waals surface area contributed by atoms with E-state index in [0.717, 1.165) is 43.1 Å². The van der Waals surface area contributed by atoms with Crippen molar-refractivity contribution in [2.45, 2.75) is 25.3 Å². The molecule has 0 spiro atoms. The van der Waals surface area contributed by atoms with Crippen LogP contribution in [0.15, 0.2) is 23.6 Å². The van der Waals surface area contributed by atoms with Gasteiger partial charge in [-0.1, -0.05) is 6.07 Å². The summed E-state index contributed by atoms with van der Waals surface area (Å²) in [5, 5.41) is 8.72. The van der Waals surface area contributed by atoms with Crippen LogP contribution in [0.25, 0.3) is 0 Å². The highest BCUT2D eigenvalue weighted by Crippen LogP contribution is 2.26. The number of benzene rings is 1. The summed E-state index contributed by atoms with van der Waals surface area (Å²) in [7, 11) is 0. The lowest BCUT2D eigenvalue weighted by atomic mass is 10.0. The van der Waals surface area contributed by atoms with Crippen LogP contribution in [-0.4, -0.2) is 24.0 Å². The molecule has 0 saturated carbocycles. The molecular weight excluding hydrogens is 320 g/mol. The Balaban J connectivity index is 1.59. The van der Waals surface area contributed by atoms with Crippen molar-refractivity contribution in [1.29, 1.82) is 0 Å². The van der Waals surface area contributed by atoms with Crippen molar-refractivity contribution in [1.82, 2.24) is 15.6 Å². The fourth-order valence-corrected chi connectivity index (χ4v) is 3.50. The highest BCUT2D eigenvalue weighted by atomic mass is 32.1. The predicted molar refractivity (Wildman–Crippen MR) is 84.5 cm³/mol. The van der Waals surface area contributed by atoms with Gasteiger partial charge in [0.05, 0.1) is 5.01 Å². The minimum atomic E-state index is -0.919. The third kappa shape index (κ3) is 3.92. The summed E-state index contributed by atoms with van der Waals surface area (Å²) in [4.78, 5) is 16.5. The third-order valence-corrected chi connectivity index (χ3v) is 4.85. The maximum atomic E-state index is 13.1. The molecule has 1 aliphatic rings. The maximum absolute atomic E-state index is 13.1. The Hall–Kier alpha value is -1.86. The van der Waals surface area contributed by atoms with E-state index in [4.69, 9.17) is 0 Å². The molecule has 1 saturated heterocycles. The largest absolute Gasteiger partial charge is 0.347 e. The van der Waals surface area contributed by atoms with E-state index >= 15 is 0 Å². The maximum Gasteiger partial charge on any atom is 0.271 e. The molecule has 0 aliphatic carbocycles. The average Bonchev–Trinajstić information content (AvgIpc) is 3.06. The number of carbonyl (C=O) groups is 1. The van der Waals surface area contributed by atoms with E-state index in [-0.39, 0.29) is 12.5 Å². The van der Waals surface area contributed by atoms with Gasteiger partial charge in [-0.15, -0.1) is 11.3 Å². The van der Waals surface area contributed by atoms with Gasteiger partial charge in [-0.2, -0.15) is 0 Å². The number of halogens is 2. The van der Waals surface area contributed by atoms with Crippen molar-refractivity contribution in [3.63, 3.8) is 0 Å². The molecule has 1 aromatic heterocycles. The normalized spacial score (nSPS) is 17.9. The van der Waals surface area contributed by atoms with Crippen LogP contribution in [0.3, 0.4) is 0 Å². The number of nitrogens with one attached hydrogen (secondary N) is 2. The first kappa shape index (κ1) is 16.0. The van der Waals surface area contributed by atoms with Gasteiger partial charge in [0.25, 0.3) is 5.91 Å². The van der Waals surface area contributed by atoms with Crippen molar-refractivity contribution in [3.05, 3.63) is 51.5 Å². The van der Waals surface area contributed by atoms with Crippen molar-refractivity contribution >= 4 is 17.2 Å². The van der Waals surface area contributed by atoms with E-state index in [1.54, 1.807) is 5.38 Å². The predicted octanol–water partition coefficient (Wildman–Crippen LogP) is 2.82. The van der Waals surface area contributed by atoms with Crippen LogP contribution in [0, 0.1) is 11.6 Å². The number of aromatic nitrogens is 1. The van der Waals surface area contributed by atoms with Crippen LogP contribution in [0.1, 0.15) is 39.8 Å². The number of carbonyl (C=O) groups excluding carboxylic acids is 1. The highest BCUT2D eigenvalue weighted by Gasteiger charge is 2.20. The minimum absolute atomic E-state index is 0.133. The Morgan fingerprint density at radius 1 is 1.39 bits per heavy atom. The lowest BCUT2D eigenvalue weighted by Gasteiger charge is -2.20. The first-order valence-electron chi connectivity index (χ1n) is 7.52. The van der Waals surface area contributed by atoms with E-state index in [0.29, 0.717) is 17.2 Å². The van der Waals surface area contributed by atoms with E-state index in [9.17, 15) is 13.6 Å². The van der Waals surface area contributed by atoms with Crippen LogP contribution in [0.2, 0.25) is 0 Å². The Bertz CT molecular complexity index is 698. The number of hydrogen-bond donors (Lipinski definition) is 2. The summed E-state index contributed by atoms with van der Waals surface area (Å²) < 4.78 is 26.0. The number of amides is 1. The molecule has 0 bridgehead atoms. The molecule has 1 fully saturated rings. The van der Waals surface area contributed by atoms with Crippen LogP contribution in [0.4, 0.5) is 8.78 Å². The molecule has 2 N–H and O–H groups in total. The Labute approximate surface area is 136 Å². The van der Waals surface area contributed by atoms with Crippen molar-refractivity contribution in [2.75, 3.05) is 13.1 Å². The summed E-state index contributed by atoms with van der Waals surface area (Å²) in [5.41, 5.74) is 0.877. The van der Waals surface area contributed by atoms with E-state index in [1.807, 2.05) is 0 Å². The summed E-state index contributed by atoms with van der Waals surface area (Å²) in [6.07, 6.45) is 2.19. The number of nitrogens with zero attached hydrogens (tertiary/aromatic N) is 1. The van der Waals surface area contributed by atoms with Crippen LogP contribution < -0.4 is 10.6 Å². The van der Waals surface area contributed by atoms with E-state index < -0.39 is 11.6 Å². The highest BCUT2D eigenvalue weighted by molar-refractivity contribution is 7.09. The third-order valence-electron chi connectivity index (χ3n) is 3.84. The quantitative estimate of drug-likeness (QED) is 0.902. The molecule has 1 unspecified atom stereocenters.